The Morgan fingerprint density at radius 3 is 2.30 bits per heavy atom. The van der Waals surface area contributed by atoms with Crippen molar-refractivity contribution in [2.75, 3.05) is 0 Å². The molecular formula is C7H17N3. The van der Waals surface area contributed by atoms with Gasteiger partial charge in [-0.05, 0) is 25.7 Å². The molecule has 3 N–H and O–H groups in total. The van der Waals surface area contributed by atoms with Gasteiger partial charge in [0.25, 0.3) is 0 Å². The lowest BCUT2D eigenvalue weighted by Crippen LogP contribution is -2.19. The number of hydrogen-bond donors (Lipinski definition) is 2. The zero-order valence-corrected chi connectivity index (χ0v) is 7.02. The van der Waals surface area contributed by atoms with Crippen LogP contribution in [0.15, 0.2) is 5.10 Å². The third kappa shape index (κ3) is 2.82. The van der Waals surface area contributed by atoms with Crippen molar-refractivity contribution in [3.05, 3.63) is 0 Å². The van der Waals surface area contributed by atoms with Crippen molar-refractivity contribution in [1.29, 1.82) is 0 Å². The van der Waals surface area contributed by atoms with E-state index in [1.807, 2.05) is 6.92 Å². The lowest BCUT2D eigenvalue weighted by molar-refractivity contribution is 0.628. The van der Waals surface area contributed by atoms with Crippen LogP contribution in [0.3, 0.4) is 0 Å². The van der Waals surface area contributed by atoms with Gasteiger partial charge in [0.05, 0.1) is 0 Å². The molecule has 0 amide bonds. The summed E-state index contributed by atoms with van der Waals surface area (Å²) >= 11 is 0. The van der Waals surface area contributed by atoms with Crippen molar-refractivity contribution in [1.82, 2.24) is 5.53 Å². The third-order valence-corrected chi connectivity index (χ3v) is 1.82. The number of nitrogens with two attached hydrogens (primary N) is 1. The Labute approximate surface area is 62.7 Å². The second-order valence-electron chi connectivity index (χ2n) is 2.40. The SMILES string of the molecule is CCC(CC)/C(C)=N/NN. The van der Waals surface area contributed by atoms with E-state index in [1.54, 1.807) is 0 Å². The van der Waals surface area contributed by atoms with Crippen LogP contribution in [0.5, 0.6) is 0 Å². The number of rotatable bonds is 4. The van der Waals surface area contributed by atoms with Gasteiger partial charge in [-0.2, -0.15) is 5.10 Å². The van der Waals surface area contributed by atoms with Crippen molar-refractivity contribution in [2.45, 2.75) is 33.6 Å². The standard InChI is InChI=1S/C7H17N3/c1-4-7(5-2)6(3)9-10-8/h7,10H,4-5,8H2,1-3H3/b9-6+. The predicted octanol–water partition coefficient (Wildman–Crippen LogP) is 1.26. The first-order chi connectivity index (χ1) is 4.76. The van der Waals surface area contributed by atoms with E-state index < -0.39 is 0 Å². The molecule has 0 aromatic rings. The van der Waals surface area contributed by atoms with E-state index in [0.29, 0.717) is 5.92 Å². The summed E-state index contributed by atoms with van der Waals surface area (Å²) < 4.78 is 0. The first kappa shape index (κ1) is 9.43. The molecule has 0 saturated heterocycles. The second-order valence-corrected chi connectivity index (χ2v) is 2.40. The molecule has 0 aliphatic rings. The fourth-order valence-corrected chi connectivity index (χ4v) is 1.07. The Kier molecular flexibility index (Phi) is 4.94. The third-order valence-electron chi connectivity index (χ3n) is 1.82. The quantitative estimate of drug-likeness (QED) is 0.353. The van der Waals surface area contributed by atoms with Crippen molar-refractivity contribution in [3.8, 4) is 0 Å². The summed E-state index contributed by atoms with van der Waals surface area (Å²) in [6, 6.07) is 0. The van der Waals surface area contributed by atoms with Crippen LogP contribution in [-0.4, -0.2) is 5.71 Å². The van der Waals surface area contributed by atoms with Crippen LogP contribution in [0, 0.1) is 5.92 Å². The summed E-state index contributed by atoms with van der Waals surface area (Å²) in [5, 5.41) is 3.91. The number of nitrogens with one attached hydrogen (secondary N) is 1. The van der Waals surface area contributed by atoms with E-state index in [4.69, 9.17) is 5.84 Å². The minimum absolute atomic E-state index is 0.580. The van der Waals surface area contributed by atoms with Crippen LogP contribution in [0.4, 0.5) is 0 Å². The van der Waals surface area contributed by atoms with Crippen molar-refractivity contribution >= 4 is 5.71 Å². The van der Waals surface area contributed by atoms with Crippen LogP contribution in [0.2, 0.25) is 0 Å². The Bertz CT molecular complexity index is 105. The maximum atomic E-state index is 5.04. The van der Waals surface area contributed by atoms with Gasteiger partial charge in [0.15, 0.2) is 0 Å². The summed E-state index contributed by atoms with van der Waals surface area (Å²) in [5.41, 5.74) is 3.39. The van der Waals surface area contributed by atoms with Gasteiger partial charge in [-0.1, -0.05) is 13.8 Å². The lowest BCUT2D eigenvalue weighted by atomic mass is 9.99. The van der Waals surface area contributed by atoms with Crippen LogP contribution >= 0.6 is 0 Å². The number of hydrazine groups is 1. The summed E-state index contributed by atoms with van der Waals surface area (Å²) in [6.45, 7) is 6.31. The molecule has 0 bridgehead atoms. The Balaban J connectivity index is 3.87. The molecule has 60 valence electrons. The topological polar surface area (TPSA) is 50.4 Å². The monoisotopic (exact) mass is 143 g/mol. The molecule has 0 aromatic carbocycles. The van der Waals surface area contributed by atoms with Gasteiger partial charge in [-0.25, -0.2) is 11.4 Å². The van der Waals surface area contributed by atoms with E-state index >= 15 is 0 Å². The first-order valence-electron chi connectivity index (χ1n) is 3.76. The van der Waals surface area contributed by atoms with Crippen LogP contribution < -0.4 is 11.4 Å². The van der Waals surface area contributed by atoms with E-state index in [2.05, 4.69) is 24.5 Å². The van der Waals surface area contributed by atoms with E-state index in [0.717, 1.165) is 18.6 Å². The van der Waals surface area contributed by atoms with Crippen molar-refractivity contribution in [2.24, 2.45) is 16.9 Å². The van der Waals surface area contributed by atoms with Crippen LogP contribution in [0.1, 0.15) is 33.6 Å². The van der Waals surface area contributed by atoms with Gasteiger partial charge >= 0.3 is 0 Å². The summed E-state index contributed by atoms with van der Waals surface area (Å²) in [4.78, 5) is 0. The summed E-state index contributed by atoms with van der Waals surface area (Å²) in [6.07, 6.45) is 2.26. The highest BCUT2D eigenvalue weighted by atomic mass is 15.5. The van der Waals surface area contributed by atoms with Gasteiger partial charge in [0, 0.05) is 5.71 Å². The molecule has 0 fully saturated rings. The highest BCUT2D eigenvalue weighted by Crippen LogP contribution is 2.08. The van der Waals surface area contributed by atoms with Crippen LogP contribution in [0.25, 0.3) is 0 Å². The van der Waals surface area contributed by atoms with E-state index in [9.17, 15) is 0 Å². The minimum Gasteiger partial charge on any atom is -0.246 e. The molecule has 0 aromatic heterocycles. The van der Waals surface area contributed by atoms with Gasteiger partial charge < -0.3 is 0 Å². The van der Waals surface area contributed by atoms with Crippen molar-refractivity contribution < 1.29 is 0 Å². The molecule has 0 unspecified atom stereocenters. The Morgan fingerprint density at radius 1 is 1.50 bits per heavy atom. The van der Waals surface area contributed by atoms with Gasteiger partial charge in [0.2, 0.25) is 0 Å². The zero-order valence-electron chi connectivity index (χ0n) is 7.02. The molecule has 0 spiro atoms. The first-order valence-corrected chi connectivity index (χ1v) is 3.76. The number of hydrazone groups is 1. The molecule has 10 heavy (non-hydrogen) atoms. The molecular weight excluding hydrogens is 126 g/mol. The maximum absolute atomic E-state index is 5.04. The normalized spacial score (nSPS) is 12.3. The minimum atomic E-state index is 0.580. The molecule has 0 aliphatic heterocycles. The average Bonchev–Trinajstić information content (AvgIpc) is 1.91. The fourth-order valence-electron chi connectivity index (χ4n) is 1.07. The highest BCUT2D eigenvalue weighted by Gasteiger charge is 2.05. The molecule has 3 heteroatoms. The molecule has 3 nitrogen and oxygen atoms in total. The van der Waals surface area contributed by atoms with E-state index in [-0.39, 0.29) is 0 Å². The fraction of sp³-hybridized carbons (Fsp3) is 0.857. The molecule has 0 radical (unpaired) electrons. The predicted molar refractivity (Wildman–Crippen MR) is 44.5 cm³/mol. The average molecular weight is 143 g/mol. The summed E-state index contributed by atoms with van der Waals surface area (Å²) in [5.74, 6) is 5.62. The maximum Gasteiger partial charge on any atom is 0.0393 e. The molecule has 0 heterocycles. The second kappa shape index (κ2) is 5.23. The zero-order chi connectivity index (χ0) is 7.98. The number of nitrogens with zero attached hydrogens (tertiary/aromatic N) is 1. The van der Waals surface area contributed by atoms with Crippen LogP contribution in [-0.2, 0) is 0 Å². The van der Waals surface area contributed by atoms with E-state index in [1.165, 1.54) is 0 Å². The smallest absolute Gasteiger partial charge is 0.0393 e. The Hall–Kier alpha value is -0.570. The largest absolute Gasteiger partial charge is 0.246 e. The van der Waals surface area contributed by atoms with Gasteiger partial charge in [0.1, 0.15) is 0 Å². The molecule has 0 saturated carbocycles. The molecule has 0 atom stereocenters. The molecule has 0 rings (SSSR count). The Morgan fingerprint density at radius 2 is 2.00 bits per heavy atom. The number of hydrogen-bond acceptors (Lipinski definition) is 3. The van der Waals surface area contributed by atoms with Crippen molar-refractivity contribution in [3.63, 3.8) is 0 Å². The molecule has 0 aliphatic carbocycles. The lowest BCUT2D eigenvalue weighted by Gasteiger charge is -2.10. The van der Waals surface area contributed by atoms with Gasteiger partial charge in [-0.3, -0.25) is 0 Å². The van der Waals surface area contributed by atoms with Gasteiger partial charge in [-0.15, -0.1) is 0 Å². The summed E-state index contributed by atoms with van der Waals surface area (Å²) in [7, 11) is 0. The highest BCUT2D eigenvalue weighted by molar-refractivity contribution is 5.83.